The summed E-state index contributed by atoms with van der Waals surface area (Å²) in [5.41, 5.74) is 2.83. The summed E-state index contributed by atoms with van der Waals surface area (Å²) in [6, 6.07) is 11.4. The molecule has 1 N–H and O–H groups in total. The van der Waals surface area contributed by atoms with Crippen LogP contribution in [0.25, 0.3) is 6.08 Å². The molecule has 0 saturated heterocycles. The Morgan fingerprint density at radius 1 is 1.17 bits per heavy atom. The highest BCUT2D eigenvalue weighted by Crippen LogP contribution is 2.13. The van der Waals surface area contributed by atoms with Crippen molar-refractivity contribution in [1.29, 1.82) is 0 Å². The fraction of sp³-hybridized carbons (Fsp3) is 0.0667. The van der Waals surface area contributed by atoms with Gasteiger partial charge in [-0.2, -0.15) is 0 Å². The molecule has 1 aromatic heterocycles. The van der Waals surface area contributed by atoms with Crippen molar-refractivity contribution >= 4 is 17.7 Å². The molecule has 0 fully saturated rings. The Bertz CT molecular complexity index is 562. The lowest BCUT2D eigenvalue weighted by Crippen LogP contribution is -2.08. The highest BCUT2D eigenvalue weighted by atomic mass is 16.1. The summed E-state index contributed by atoms with van der Waals surface area (Å²) in [6.07, 6.45) is 6.66. The first-order valence-electron chi connectivity index (χ1n) is 5.70. The first kappa shape index (κ1) is 12.0. The number of hydrogen-bond acceptors (Lipinski definition) is 2. The van der Waals surface area contributed by atoms with E-state index < -0.39 is 0 Å². The quantitative estimate of drug-likeness (QED) is 0.835. The molecule has 0 spiro atoms. The first-order chi connectivity index (χ1) is 8.75. The minimum absolute atomic E-state index is 0.138. The molecule has 3 heteroatoms. The molecule has 0 bridgehead atoms. The number of nitrogens with zero attached hydrogens (tertiary/aromatic N) is 1. The highest BCUT2D eigenvalue weighted by molar-refractivity contribution is 6.02. The number of carbonyl (C=O) groups is 1. The van der Waals surface area contributed by atoms with Crippen molar-refractivity contribution < 1.29 is 4.79 Å². The molecule has 1 amide bonds. The van der Waals surface area contributed by atoms with Crippen molar-refractivity contribution in [3.63, 3.8) is 0 Å². The molecule has 90 valence electrons. The second-order valence-corrected chi connectivity index (χ2v) is 3.92. The maximum Gasteiger partial charge on any atom is 0.248 e. The van der Waals surface area contributed by atoms with Crippen molar-refractivity contribution in [2.24, 2.45) is 0 Å². The van der Waals surface area contributed by atoms with Gasteiger partial charge in [0.25, 0.3) is 0 Å². The summed E-state index contributed by atoms with van der Waals surface area (Å²) in [4.78, 5) is 15.6. The molecule has 0 aliphatic heterocycles. The molecule has 0 aliphatic rings. The molecule has 1 heterocycles. The number of rotatable bonds is 3. The van der Waals surface area contributed by atoms with Crippen molar-refractivity contribution in [1.82, 2.24) is 4.98 Å². The van der Waals surface area contributed by atoms with Crippen LogP contribution in [0.15, 0.2) is 54.9 Å². The van der Waals surface area contributed by atoms with Gasteiger partial charge < -0.3 is 5.32 Å². The van der Waals surface area contributed by atoms with Gasteiger partial charge in [0.15, 0.2) is 0 Å². The standard InChI is InChI=1S/C15H14N2O/c1-12-4-2-3-5-14(12)17-15(18)7-6-13-8-10-16-11-9-13/h2-11H,1H3,(H,17,18)/b7-6+. The molecule has 18 heavy (non-hydrogen) atoms. The van der Waals surface area contributed by atoms with Crippen molar-refractivity contribution in [2.45, 2.75) is 6.92 Å². The van der Waals surface area contributed by atoms with Crippen LogP contribution in [0.4, 0.5) is 5.69 Å². The Labute approximate surface area is 106 Å². The van der Waals surface area contributed by atoms with Gasteiger partial charge in [0, 0.05) is 24.2 Å². The monoisotopic (exact) mass is 238 g/mol. The predicted molar refractivity (Wildman–Crippen MR) is 73.1 cm³/mol. The number of amides is 1. The Morgan fingerprint density at radius 2 is 1.89 bits per heavy atom. The van der Waals surface area contributed by atoms with E-state index in [1.54, 1.807) is 18.5 Å². The molecule has 0 atom stereocenters. The molecule has 0 aliphatic carbocycles. The zero-order chi connectivity index (χ0) is 12.8. The number of para-hydroxylation sites is 1. The van der Waals surface area contributed by atoms with Crippen molar-refractivity contribution in [3.8, 4) is 0 Å². The van der Waals surface area contributed by atoms with Crippen LogP contribution in [0.5, 0.6) is 0 Å². The van der Waals surface area contributed by atoms with E-state index >= 15 is 0 Å². The van der Waals surface area contributed by atoms with Crippen LogP contribution in [0, 0.1) is 6.92 Å². The second kappa shape index (κ2) is 5.77. The van der Waals surface area contributed by atoms with Crippen molar-refractivity contribution in [3.05, 3.63) is 66.0 Å². The van der Waals surface area contributed by atoms with Gasteiger partial charge >= 0.3 is 0 Å². The predicted octanol–water partition coefficient (Wildman–Crippen LogP) is 3.04. The first-order valence-corrected chi connectivity index (χ1v) is 5.70. The SMILES string of the molecule is Cc1ccccc1NC(=O)/C=C/c1ccncc1. The maximum absolute atomic E-state index is 11.7. The zero-order valence-corrected chi connectivity index (χ0v) is 10.1. The summed E-state index contributed by atoms with van der Waals surface area (Å²) in [6.45, 7) is 1.96. The number of aromatic nitrogens is 1. The van der Waals surface area contributed by atoms with E-state index in [0.717, 1.165) is 16.8 Å². The minimum Gasteiger partial charge on any atom is -0.322 e. The Hall–Kier alpha value is -2.42. The smallest absolute Gasteiger partial charge is 0.248 e. The molecular formula is C15H14N2O. The van der Waals surface area contributed by atoms with Crippen LogP contribution in [0.3, 0.4) is 0 Å². The molecule has 2 rings (SSSR count). The van der Waals surface area contributed by atoms with E-state index in [2.05, 4.69) is 10.3 Å². The lowest BCUT2D eigenvalue weighted by Gasteiger charge is -2.05. The molecule has 0 saturated carbocycles. The van der Waals surface area contributed by atoms with E-state index in [1.807, 2.05) is 43.3 Å². The molecule has 2 aromatic rings. The number of benzene rings is 1. The summed E-state index contributed by atoms with van der Waals surface area (Å²) in [5.74, 6) is -0.138. The van der Waals surface area contributed by atoms with E-state index in [1.165, 1.54) is 6.08 Å². The van der Waals surface area contributed by atoms with E-state index in [9.17, 15) is 4.79 Å². The number of hydrogen-bond donors (Lipinski definition) is 1. The van der Waals surface area contributed by atoms with E-state index in [0.29, 0.717) is 0 Å². The normalized spacial score (nSPS) is 10.5. The van der Waals surface area contributed by atoms with E-state index in [4.69, 9.17) is 0 Å². The van der Waals surface area contributed by atoms with Crippen LogP contribution >= 0.6 is 0 Å². The van der Waals surface area contributed by atoms with Gasteiger partial charge in [0.05, 0.1) is 0 Å². The molecular weight excluding hydrogens is 224 g/mol. The fourth-order valence-electron chi connectivity index (χ4n) is 1.53. The van der Waals surface area contributed by atoms with Gasteiger partial charge in [-0.25, -0.2) is 0 Å². The maximum atomic E-state index is 11.7. The van der Waals surface area contributed by atoms with Crippen LogP contribution in [0.2, 0.25) is 0 Å². The Balaban J connectivity index is 2.02. The third-order valence-corrected chi connectivity index (χ3v) is 2.54. The van der Waals surface area contributed by atoms with Gasteiger partial charge in [-0.3, -0.25) is 9.78 Å². The van der Waals surface area contributed by atoms with Crippen molar-refractivity contribution in [2.75, 3.05) is 5.32 Å². The van der Waals surface area contributed by atoms with Crippen LogP contribution in [-0.2, 0) is 4.79 Å². The average molecular weight is 238 g/mol. The fourth-order valence-corrected chi connectivity index (χ4v) is 1.53. The largest absolute Gasteiger partial charge is 0.322 e. The molecule has 3 nitrogen and oxygen atoms in total. The lowest BCUT2D eigenvalue weighted by atomic mass is 10.2. The summed E-state index contributed by atoms with van der Waals surface area (Å²) >= 11 is 0. The third-order valence-electron chi connectivity index (χ3n) is 2.54. The molecule has 0 radical (unpaired) electrons. The van der Waals surface area contributed by atoms with Crippen LogP contribution in [-0.4, -0.2) is 10.9 Å². The Morgan fingerprint density at radius 3 is 2.61 bits per heavy atom. The lowest BCUT2D eigenvalue weighted by molar-refractivity contribution is -0.111. The number of aryl methyl sites for hydroxylation is 1. The topological polar surface area (TPSA) is 42.0 Å². The average Bonchev–Trinajstić information content (AvgIpc) is 2.40. The van der Waals surface area contributed by atoms with Gasteiger partial charge in [0.1, 0.15) is 0 Å². The highest BCUT2D eigenvalue weighted by Gasteiger charge is 1.99. The number of carbonyl (C=O) groups excluding carboxylic acids is 1. The summed E-state index contributed by atoms with van der Waals surface area (Å²) in [7, 11) is 0. The second-order valence-electron chi connectivity index (χ2n) is 3.92. The zero-order valence-electron chi connectivity index (χ0n) is 10.1. The van der Waals surface area contributed by atoms with Crippen LogP contribution in [0.1, 0.15) is 11.1 Å². The van der Waals surface area contributed by atoms with Gasteiger partial charge in [0.2, 0.25) is 5.91 Å². The number of nitrogens with one attached hydrogen (secondary N) is 1. The van der Waals surface area contributed by atoms with Gasteiger partial charge in [-0.1, -0.05) is 18.2 Å². The van der Waals surface area contributed by atoms with Gasteiger partial charge in [-0.15, -0.1) is 0 Å². The Kier molecular flexibility index (Phi) is 3.86. The summed E-state index contributed by atoms with van der Waals surface area (Å²) in [5, 5.41) is 2.84. The minimum atomic E-state index is -0.138. The number of pyridine rings is 1. The third kappa shape index (κ3) is 3.28. The molecule has 0 unspecified atom stereocenters. The van der Waals surface area contributed by atoms with E-state index in [-0.39, 0.29) is 5.91 Å². The molecule has 1 aromatic carbocycles. The number of anilines is 1. The summed E-state index contributed by atoms with van der Waals surface area (Å²) < 4.78 is 0. The van der Waals surface area contributed by atoms with Crippen LogP contribution < -0.4 is 5.32 Å². The van der Waals surface area contributed by atoms with Gasteiger partial charge in [-0.05, 0) is 42.3 Å².